The molecule has 11 nitrogen and oxygen atoms in total. The average Bonchev–Trinajstić information content (AvgIpc) is 4.02. The Labute approximate surface area is 339 Å². The molecule has 0 fully saturated rings. The van der Waals surface area contributed by atoms with E-state index in [0.717, 1.165) is 88.6 Å². The summed E-state index contributed by atoms with van der Waals surface area (Å²) in [5, 5.41) is 1.47. The number of methoxy groups -OCH3 is 2. The van der Waals surface area contributed by atoms with Crippen molar-refractivity contribution in [3.63, 3.8) is 0 Å². The Kier molecular flexibility index (Phi) is 11.8. The zero-order valence-electron chi connectivity index (χ0n) is 33.4. The van der Waals surface area contributed by atoms with Gasteiger partial charge in [-0.05, 0) is 128 Å². The van der Waals surface area contributed by atoms with Gasteiger partial charge >= 0.3 is 11.9 Å². The van der Waals surface area contributed by atoms with Crippen LogP contribution in [0.5, 0.6) is 11.5 Å². The fourth-order valence-electron chi connectivity index (χ4n) is 8.31. The highest BCUT2D eigenvalue weighted by Crippen LogP contribution is 2.42. The highest BCUT2D eigenvalue weighted by molar-refractivity contribution is 6.45. The number of nitrogens with two attached hydrogens (primary N) is 1. The lowest BCUT2D eigenvalue weighted by Gasteiger charge is -2.14. The number of nitrogens with zero attached hydrogens (tertiary/aromatic N) is 2. The molecule has 0 aliphatic heterocycles. The van der Waals surface area contributed by atoms with Crippen LogP contribution in [0.25, 0.3) is 21.8 Å². The quantitative estimate of drug-likeness (QED) is 0.0791. The predicted molar refractivity (Wildman–Crippen MR) is 217 cm³/mol. The second-order valence-corrected chi connectivity index (χ2v) is 14.8. The first-order valence-corrected chi connectivity index (χ1v) is 19.4. The van der Waals surface area contributed by atoms with E-state index in [1.54, 1.807) is 19.1 Å². The molecule has 0 unspecified atom stereocenters. The highest BCUT2D eigenvalue weighted by Gasteiger charge is 2.31. The molecule has 8 rings (SSSR count). The summed E-state index contributed by atoms with van der Waals surface area (Å²) in [7, 11) is 2.61. The number of hydrogen-bond donors (Lipinski definition) is 1. The number of aryl methyl sites for hydroxylation is 5. The molecule has 2 aromatic heterocycles. The lowest BCUT2D eigenvalue weighted by Crippen LogP contribution is -2.24. The van der Waals surface area contributed by atoms with Crippen LogP contribution < -0.4 is 15.2 Å². The van der Waals surface area contributed by atoms with Crippen LogP contribution in [0.1, 0.15) is 68.0 Å². The lowest BCUT2D eigenvalue weighted by atomic mass is 10.0. The van der Waals surface area contributed by atoms with E-state index in [9.17, 15) is 28.0 Å². The third kappa shape index (κ3) is 8.27. The molecule has 0 spiro atoms. The molecule has 2 aliphatic rings. The van der Waals surface area contributed by atoms with Crippen LogP contribution in [-0.4, -0.2) is 60.2 Å². The largest absolute Gasteiger partial charge is 0.481 e. The normalized spacial score (nSPS) is 12.8. The van der Waals surface area contributed by atoms with Crippen LogP contribution in [0, 0.1) is 25.5 Å². The molecule has 0 atom stereocenters. The van der Waals surface area contributed by atoms with Gasteiger partial charge in [-0.25, -0.2) is 18.4 Å². The maximum absolute atomic E-state index is 13.4. The van der Waals surface area contributed by atoms with Crippen molar-refractivity contribution in [2.45, 2.75) is 65.5 Å². The number of carbonyl (C=O) groups is 4. The van der Waals surface area contributed by atoms with Gasteiger partial charge in [-0.15, -0.1) is 0 Å². The molecule has 13 heteroatoms. The predicted octanol–water partition coefficient (Wildman–Crippen LogP) is 7.02. The first-order valence-electron chi connectivity index (χ1n) is 19.4. The Morgan fingerprint density at radius 1 is 0.661 bits per heavy atom. The number of ether oxygens (including phenoxy) is 4. The molecule has 6 aromatic rings. The topological polar surface area (TPSA) is 141 Å². The van der Waals surface area contributed by atoms with Gasteiger partial charge in [0.1, 0.15) is 23.1 Å². The molecule has 0 saturated carbocycles. The fraction of sp³-hybridized carbons (Fsp3) is 0.304. The summed E-state index contributed by atoms with van der Waals surface area (Å²) in [5.41, 5.74) is 15.7. The van der Waals surface area contributed by atoms with Crippen LogP contribution in [0.15, 0.2) is 66.7 Å². The van der Waals surface area contributed by atoms with Gasteiger partial charge in [0, 0.05) is 29.9 Å². The van der Waals surface area contributed by atoms with Crippen molar-refractivity contribution in [2.24, 2.45) is 5.73 Å². The molecule has 2 N–H and O–H groups in total. The molecule has 306 valence electrons. The standard InChI is InChI=1S/C24H23FN2O5.C22H22FNO3/c1-13-20(23(29)24(26)30)21-18(32-12-19(28)31-2)10-15-4-3-5-17(15)22(21)27(13)11-14-6-8-16(25)9-7-14;1-14-10-19-20(27-13-21(25)26-2)11-16-4-3-5-18(16)22(19)24(14)12-15-6-8-17(23)9-7-15/h6-10H,3-5,11-12H2,1-2H3,(H2,26,30);6-11H,3-5,12-13H2,1-2H3. The maximum atomic E-state index is 13.4. The number of amides is 1. The van der Waals surface area contributed by atoms with E-state index in [1.807, 2.05) is 22.8 Å². The van der Waals surface area contributed by atoms with Crippen molar-refractivity contribution in [1.82, 2.24) is 9.13 Å². The third-order valence-electron chi connectivity index (χ3n) is 11.1. The minimum absolute atomic E-state index is 0.105. The number of ketones is 1. The van der Waals surface area contributed by atoms with Crippen LogP contribution in [-0.2, 0) is 62.6 Å². The van der Waals surface area contributed by atoms with Gasteiger partial charge in [0.15, 0.2) is 13.2 Å². The second kappa shape index (κ2) is 17.2. The highest BCUT2D eigenvalue weighted by atomic mass is 19.1. The summed E-state index contributed by atoms with van der Waals surface area (Å²) >= 11 is 0. The number of halogens is 2. The Morgan fingerprint density at radius 3 is 1.68 bits per heavy atom. The smallest absolute Gasteiger partial charge is 0.343 e. The monoisotopic (exact) mass is 805 g/mol. The van der Waals surface area contributed by atoms with Crippen molar-refractivity contribution < 1.29 is 46.9 Å². The minimum atomic E-state index is -1.08. The SMILES string of the molecule is COC(=O)COc1cc2c(c3c1c(C(=O)C(N)=O)c(C)n3Cc1ccc(F)cc1)CCC2.COC(=O)COc1cc2c(c3c1cc(C)n3Cc1ccc(F)cc1)CCC2. The van der Waals surface area contributed by atoms with E-state index in [4.69, 9.17) is 19.9 Å². The van der Waals surface area contributed by atoms with Crippen LogP contribution in [0.2, 0.25) is 0 Å². The van der Waals surface area contributed by atoms with Crippen molar-refractivity contribution in [3.05, 3.63) is 129 Å². The van der Waals surface area contributed by atoms with E-state index in [-0.39, 0.29) is 30.4 Å². The van der Waals surface area contributed by atoms with Gasteiger partial charge in [-0.1, -0.05) is 24.3 Å². The van der Waals surface area contributed by atoms with Gasteiger partial charge in [-0.3, -0.25) is 9.59 Å². The molecule has 0 saturated heterocycles. The van der Waals surface area contributed by atoms with Crippen molar-refractivity contribution in [2.75, 3.05) is 27.4 Å². The van der Waals surface area contributed by atoms with Gasteiger partial charge < -0.3 is 33.8 Å². The van der Waals surface area contributed by atoms with Gasteiger partial charge in [0.25, 0.3) is 11.7 Å². The Balaban J connectivity index is 0.000000181. The zero-order valence-corrected chi connectivity index (χ0v) is 33.4. The summed E-state index contributed by atoms with van der Waals surface area (Å²) < 4.78 is 51.8. The number of carbonyl (C=O) groups excluding carboxylic acids is 4. The van der Waals surface area contributed by atoms with Crippen molar-refractivity contribution in [3.8, 4) is 11.5 Å². The van der Waals surface area contributed by atoms with E-state index < -0.39 is 23.6 Å². The van der Waals surface area contributed by atoms with Gasteiger partial charge in [-0.2, -0.15) is 0 Å². The summed E-state index contributed by atoms with van der Waals surface area (Å²) in [4.78, 5) is 47.9. The lowest BCUT2D eigenvalue weighted by molar-refractivity contribution is -0.143. The molecular formula is C46H45F2N3O8. The van der Waals surface area contributed by atoms with Crippen molar-refractivity contribution in [1.29, 1.82) is 0 Å². The number of fused-ring (bicyclic) bond motifs is 6. The Hall–Kier alpha value is -6.50. The van der Waals surface area contributed by atoms with E-state index >= 15 is 0 Å². The number of esters is 2. The molecule has 0 radical (unpaired) electrons. The molecule has 1 amide bonds. The number of benzene rings is 4. The molecule has 59 heavy (non-hydrogen) atoms. The van der Waals surface area contributed by atoms with Crippen molar-refractivity contribution >= 4 is 45.4 Å². The number of hydrogen-bond acceptors (Lipinski definition) is 8. The number of rotatable bonds is 12. The zero-order chi connectivity index (χ0) is 42.0. The van der Waals surface area contributed by atoms with Crippen LogP contribution in [0.4, 0.5) is 8.78 Å². The summed E-state index contributed by atoms with van der Waals surface area (Å²) in [6.07, 6.45) is 5.74. The van der Waals surface area contributed by atoms with E-state index in [0.29, 0.717) is 29.9 Å². The minimum Gasteiger partial charge on any atom is -0.481 e. The molecule has 2 aliphatic carbocycles. The molecule has 0 bridgehead atoms. The number of aromatic nitrogens is 2. The third-order valence-corrected chi connectivity index (χ3v) is 11.1. The maximum Gasteiger partial charge on any atom is 0.343 e. The van der Waals surface area contributed by atoms with Gasteiger partial charge in [0.05, 0.1) is 36.2 Å². The second-order valence-electron chi connectivity index (χ2n) is 14.8. The first-order chi connectivity index (χ1) is 28.4. The number of primary amides is 1. The molecule has 4 aromatic carbocycles. The fourth-order valence-corrected chi connectivity index (χ4v) is 8.31. The molecular weight excluding hydrogens is 761 g/mol. The van der Waals surface area contributed by atoms with Crippen LogP contribution >= 0.6 is 0 Å². The van der Waals surface area contributed by atoms with Gasteiger partial charge in [0.2, 0.25) is 0 Å². The molecule has 2 heterocycles. The number of Topliss-reactive ketones (excluding diaryl/α,β-unsaturated/α-hetero) is 1. The van der Waals surface area contributed by atoms with E-state index in [2.05, 4.69) is 28.4 Å². The summed E-state index contributed by atoms with van der Waals surface area (Å²) in [6, 6.07) is 18.7. The Morgan fingerprint density at radius 2 is 1.15 bits per heavy atom. The summed E-state index contributed by atoms with van der Waals surface area (Å²) in [6.45, 7) is 4.40. The summed E-state index contributed by atoms with van der Waals surface area (Å²) in [5.74, 6) is -2.39. The first kappa shape index (κ1) is 40.7. The van der Waals surface area contributed by atoms with E-state index in [1.165, 1.54) is 49.6 Å². The average molecular weight is 806 g/mol. The van der Waals surface area contributed by atoms with Crippen LogP contribution in [0.3, 0.4) is 0 Å². The Bertz CT molecular complexity index is 2610.